The molecule has 0 atom stereocenters. The molecular weight excluding hydrogens is 284 g/mol. The molecule has 1 aromatic heterocycles. The predicted octanol–water partition coefficient (Wildman–Crippen LogP) is 1.05. The molecule has 1 aliphatic rings. The smallest absolute Gasteiger partial charge is 0.285 e. The van der Waals surface area contributed by atoms with Gasteiger partial charge in [0.2, 0.25) is 0 Å². The van der Waals surface area contributed by atoms with Crippen molar-refractivity contribution >= 4 is 17.6 Å². The molecule has 114 valence electrons. The van der Waals surface area contributed by atoms with E-state index in [0.29, 0.717) is 18.1 Å². The van der Waals surface area contributed by atoms with Crippen molar-refractivity contribution in [2.24, 2.45) is 0 Å². The molecule has 0 radical (unpaired) electrons. The zero-order valence-electron chi connectivity index (χ0n) is 12.2. The van der Waals surface area contributed by atoms with E-state index in [1.54, 1.807) is 16.8 Å². The number of benzene rings is 1. The number of carbonyl (C=O) groups is 2. The van der Waals surface area contributed by atoms with Crippen molar-refractivity contribution in [1.29, 1.82) is 0 Å². The highest BCUT2D eigenvalue weighted by molar-refractivity contribution is 6.12. The Morgan fingerprint density at radius 3 is 2.68 bits per heavy atom. The average molecular weight is 300 g/mol. The lowest BCUT2D eigenvalue weighted by Gasteiger charge is -2.16. The van der Waals surface area contributed by atoms with Crippen molar-refractivity contribution in [3.63, 3.8) is 0 Å². The molecule has 1 aliphatic heterocycles. The minimum absolute atomic E-state index is 0.0399. The van der Waals surface area contributed by atoms with Crippen LogP contribution in [-0.2, 0) is 17.9 Å². The molecule has 0 saturated carbocycles. The summed E-state index contributed by atoms with van der Waals surface area (Å²) < 4.78 is 1.62. The number of tetrazole rings is 1. The molecule has 8 nitrogen and oxygen atoms in total. The van der Waals surface area contributed by atoms with Crippen molar-refractivity contribution in [2.75, 3.05) is 11.4 Å². The fourth-order valence-electron chi connectivity index (χ4n) is 2.37. The number of aromatic nitrogens is 4. The number of hydrogen-bond acceptors (Lipinski definition) is 5. The van der Waals surface area contributed by atoms with Crippen LogP contribution in [0.5, 0.6) is 0 Å². The van der Waals surface area contributed by atoms with Gasteiger partial charge in [0.25, 0.3) is 5.91 Å². The second kappa shape index (κ2) is 5.92. The topological polar surface area (TPSA) is 84.2 Å². The number of hydrogen-bond donors (Lipinski definition) is 0. The van der Waals surface area contributed by atoms with Gasteiger partial charge in [0.1, 0.15) is 6.54 Å². The Kier molecular flexibility index (Phi) is 3.82. The van der Waals surface area contributed by atoms with Crippen LogP contribution in [-0.4, -0.2) is 43.6 Å². The largest absolute Gasteiger partial charge is 0.332 e. The van der Waals surface area contributed by atoms with Gasteiger partial charge in [-0.1, -0.05) is 25.1 Å². The lowest BCUT2D eigenvalue weighted by Crippen LogP contribution is -2.33. The molecule has 2 aromatic rings. The third kappa shape index (κ3) is 2.54. The summed E-state index contributed by atoms with van der Waals surface area (Å²) in [5.74, 6) is 0.262. The Bertz CT molecular complexity index is 684. The van der Waals surface area contributed by atoms with Gasteiger partial charge in [-0.2, -0.15) is 0 Å². The van der Waals surface area contributed by atoms with Gasteiger partial charge in [0, 0.05) is 12.2 Å². The first-order valence-electron chi connectivity index (χ1n) is 7.12. The Morgan fingerprint density at radius 1 is 1.18 bits per heavy atom. The Labute approximate surface area is 127 Å². The average Bonchev–Trinajstić information content (AvgIpc) is 3.08. The lowest BCUT2D eigenvalue weighted by molar-refractivity contribution is -0.125. The van der Waals surface area contributed by atoms with Gasteiger partial charge in [0.15, 0.2) is 5.82 Å². The van der Waals surface area contributed by atoms with Crippen molar-refractivity contribution < 1.29 is 9.59 Å². The minimum atomic E-state index is -0.345. The summed E-state index contributed by atoms with van der Waals surface area (Å²) in [5.41, 5.74) is 0.705. The molecule has 1 aromatic carbocycles. The van der Waals surface area contributed by atoms with E-state index in [0.717, 1.165) is 6.42 Å². The molecule has 0 bridgehead atoms. The van der Waals surface area contributed by atoms with Crippen LogP contribution in [0.25, 0.3) is 0 Å². The van der Waals surface area contributed by atoms with Crippen LogP contribution in [0.3, 0.4) is 0 Å². The zero-order chi connectivity index (χ0) is 15.5. The molecule has 8 heteroatoms. The normalized spacial score (nSPS) is 15.0. The van der Waals surface area contributed by atoms with E-state index in [9.17, 15) is 9.59 Å². The number of rotatable bonds is 5. The highest BCUT2D eigenvalue weighted by Gasteiger charge is 2.37. The van der Waals surface area contributed by atoms with Crippen LogP contribution in [0, 0.1) is 0 Å². The summed E-state index contributed by atoms with van der Waals surface area (Å²) in [6, 6.07) is 8.78. The molecule has 3 rings (SSSR count). The Hall–Kier alpha value is -2.77. The number of imide groups is 1. The van der Waals surface area contributed by atoms with Crippen molar-refractivity contribution in [3.05, 3.63) is 36.2 Å². The van der Waals surface area contributed by atoms with Gasteiger partial charge < -0.3 is 0 Å². The number of nitrogens with zero attached hydrogens (tertiary/aromatic N) is 6. The SMILES string of the molecule is CCCn1nnnc1CN1C(=O)CN(c2ccccc2)C1=O. The Balaban J connectivity index is 1.79. The van der Waals surface area contributed by atoms with Crippen LogP contribution >= 0.6 is 0 Å². The first-order chi connectivity index (χ1) is 10.7. The van der Waals surface area contributed by atoms with E-state index in [-0.39, 0.29) is 25.0 Å². The van der Waals surface area contributed by atoms with Gasteiger partial charge in [-0.05, 0) is 29.0 Å². The van der Waals surface area contributed by atoms with E-state index < -0.39 is 0 Å². The van der Waals surface area contributed by atoms with E-state index >= 15 is 0 Å². The molecule has 0 unspecified atom stereocenters. The third-order valence-electron chi connectivity index (χ3n) is 3.47. The quantitative estimate of drug-likeness (QED) is 0.771. The number of aryl methyl sites for hydroxylation is 1. The van der Waals surface area contributed by atoms with E-state index in [1.807, 2.05) is 25.1 Å². The number of carbonyl (C=O) groups excluding carboxylic acids is 2. The second-order valence-corrected chi connectivity index (χ2v) is 5.00. The molecule has 1 fully saturated rings. The zero-order valence-corrected chi connectivity index (χ0v) is 12.2. The van der Waals surface area contributed by atoms with E-state index in [1.165, 1.54) is 9.80 Å². The predicted molar refractivity (Wildman–Crippen MR) is 77.8 cm³/mol. The summed E-state index contributed by atoms with van der Waals surface area (Å²) in [5, 5.41) is 11.4. The highest BCUT2D eigenvalue weighted by atomic mass is 16.2. The molecule has 22 heavy (non-hydrogen) atoms. The van der Waals surface area contributed by atoms with Crippen LogP contribution in [0.15, 0.2) is 30.3 Å². The first-order valence-corrected chi connectivity index (χ1v) is 7.12. The van der Waals surface area contributed by atoms with Crippen LogP contribution in [0.4, 0.5) is 10.5 Å². The minimum Gasteiger partial charge on any atom is -0.285 e. The molecule has 3 amide bonds. The molecule has 0 spiro atoms. The second-order valence-electron chi connectivity index (χ2n) is 5.00. The molecule has 0 aliphatic carbocycles. The summed E-state index contributed by atoms with van der Waals surface area (Å²) in [4.78, 5) is 27.3. The molecular formula is C14H16N6O2. The maximum Gasteiger partial charge on any atom is 0.332 e. The maximum absolute atomic E-state index is 12.5. The first kappa shape index (κ1) is 14.2. The Morgan fingerprint density at radius 2 is 1.95 bits per heavy atom. The van der Waals surface area contributed by atoms with Gasteiger partial charge in [-0.3, -0.25) is 14.6 Å². The van der Waals surface area contributed by atoms with Crippen LogP contribution < -0.4 is 4.90 Å². The summed E-state index contributed by atoms with van der Waals surface area (Å²) >= 11 is 0. The summed E-state index contributed by atoms with van der Waals surface area (Å²) in [6.45, 7) is 2.79. The number of para-hydroxylation sites is 1. The fraction of sp³-hybridized carbons (Fsp3) is 0.357. The molecule has 1 saturated heterocycles. The van der Waals surface area contributed by atoms with Gasteiger partial charge in [-0.25, -0.2) is 9.48 Å². The summed E-state index contributed by atoms with van der Waals surface area (Å²) in [7, 11) is 0. The molecule has 0 N–H and O–H groups in total. The van der Waals surface area contributed by atoms with Crippen molar-refractivity contribution in [2.45, 2.75) is 26.4 Å². The maximum atomic E-state index is 12.5. The van der Waals surface area contributed by atoms with Crippen LogP contribution in [0.2, 0.25) is 0 Å². The number of amides is 3. The highest BCUT2D eigenvalue weighted by Crippen LogP contribution is 2.21. The fourth-order valence-corrected chi connectivity index (χ4v) is 2.37. The third-order valence-corrected chi connectivity index (χ3v) is 3.47. The monoisotopic (exact) mass is 300 g/mol. The number of urea groups is 1. The van der Waals surface area contributed by atoms with Gasteiger partial charge in [0.05, 0.1) is 6.54 Å². The van der Waals surface area contributed by atoms with Crippen LogP contribution in [0.1, 0.15) is 19.2 Å². The van der Waals surface area contributed by atoms with Gasteiger partial charge in [-0.15, -0.1) is 5.10 Å². The van der Waals surface area contributed by atoms with Crippen molar-refractivity contribution in [3.8, 4) is 0 Å². The van der Waals surface area contributed by atoms with Gasteiger partial charge >= 0.3 is 6.03 Å². The summed E-state index contributed by atoms with van der Waals surface area (Å²) in [6.07, 6.45) is 0.871. The number of anilines is 1. The van der Waals surface area contributed by atoms with E-state index in [4.69, 9.17) is 0 Å². The van der Waals surface area contributed by atoms with Crippen molar-refractivity contribution in [1.82, 2.24) is 25.1 Å². The molecule has 2 heterocycles. The standard InChI is InChI=1S/C14H16N6O2/c1-2-8-20-12(15-16-17-20)9-19-13(21)10-18(14(19)22)11-6-4-3-5-7-11/h3-7H,2,8-10H2,1H3. The van der Waals surface area contributed by atoms with E-state index in [2.05, 4.69) is 15.5 Å². The lowest BCUT2D eigenvalue weighted by atomic mass is 10.3.